The highest BCUT2D eigenvalue weighted by Crippen LogP contribution is 2.14. The molecule has 3 nitrogen and oxygen atoms in total. The van der Waals surface area contributed by atoms with Crippen LogP contribution in [-0.2, 0) is 15.8 Å². The number of benzene rings is 3. The molecular formula is C21H17NO2S. The van der Waals surface area contributed by atoms with Gasteiger partial charge in [0.1, 0.15) is 0 Å². The predicted molar refractivity (Wildman–Crippen MR) is 102 cm³/mol. The van der Waals surface area contributed by atoms with E-state index in [1.54, 1.807) is 36.4 Å². The van der Waals surface area contributed by atoms with Crippen LogP contribution in [0.15, 0.2) is 84.9 Å². The standard InChI is InChI=1S/C21H17NO2S/c23-25(24,17-20-9-5-2-6-10-20)22-21-15-13-19(14-16-21)12-11-18-7-3-1-4-8-18/h1-10,13-16,22H,17H2. The van der Waals surface area contributed by atoms with Gasteiger partial charge in [0.15, 0.2) is 0 Å². The van der Waals surface area contributed by atoms with Crippen molar-refractivity contribution in [2.24, 2.45) is 0 Å². The van der Waals surface area contributed by atoms with E-state index in [9.17, 15) is 8.42 Å². The Morgan fingerprint density at radius 2 is 1.20 bits per heavy atom. The van der Waals surface area contributed by atoms with Crippen molar-refractivity contribution >= 4 is 15.7 Å². The van der Waals surface area contributed by atoms with E-state index in [1.165, 1.54) is 0 Å². The van der Waals surface area contributed by atoms with Crippen molar-refractivity contribution in [1.82, 2.24) is 0 Å². The Kier molecular flexibility index (Phi) is 5.17. The summed E-state index contributed by atoms with van der Waals surface area (Å²) < 4.78 is 27.0. The quantitative estimate of drug-likeness (QED) is 0.724. The van der Waals surface area contributed by atoms with Gasteiger partial charge in [-0.2, -0.15) is 0 Å². The van der Waals surface area contributed by atoms with E-state index in [-0.39, 0.29) is 5.75 Å². The Bertz CT molecular complexity index is 985. The lowest BCUT2D eigenvalue weighted by Gasteiger charge is -2.08. The SMILES string of the molecule is O=S(=O)(Cc1ccccc1)Nc1ccc(C#Cc2ccccc2)cc1. The van der Waals surface area contributed by atoms with Crippen molar-refractivity contribution in [2.75, 3.05) is 4.72 Å². The molecule has 0 amide bonds. The number of anilines is 1. The molecule has 0 aliphatic carbocycles. The number of nitrogens with one attached hydrogen (secondary N) is 1. The highest BCUT2D eigenvalue weighted by atomic mass is 32.2. The minimum Gasteiger partial charge on any atom is -0.283 e. The summed E-state index contributed by atoms with van der Waals surface area (Å²) >= 11 is 0. The molecule has 0 spiro atoms. The number of hydrogen-bond donors (Lipinski definition) is 1. The Labute approximate surface area is 148 Å². The van der Waals surface area contributed by atoms with Crippen LogP contribution in [0.5, 0.6) is 0 Å². The van der Waals surface area contributed by atoms with E-state index >= 15 is 0 Å². The summed E-state index contributed by atoms with van der Waals surface area (Å²) in [6.07, 6.45) is 0. The largest absolute Gasteiger partial charge is 0.283 e. The summed E-state index contributed by atoms with van der Waals surface area (Å²) in [5, 5.41) is 0. The Morgan fingerprint density at radius 3 is 1.80 bits per heavy atom. The second kappa shape index (κ2) is 7.69. The first-order valence-corrected chi connectivity index (χ1v) is 9.47. The van der Waals surface area contributed by atoms with Crippen LogP contribution < -0.4 is 4.72 Å². The first-order valence-electron chi connectivity index (χ1n) is 7.82. The lowest BCUT2D eigenvalue weighted by atomic mass is 10.2. The van der Waals surface area contributed by atoms with Gasteiger partial charge in [-0.05, 0) is 42.0 Å². The second-order valence-corrected chi connectivity index (χ2v) is 7.26. The van der Waals surface area contributed by atoms with Crippen molar-refractivity contribution in [1.29, 1.82) is 0 Å². The van der Waals surface area contributed by atoms with E-state index in [2.05, 4.69) is 16.6 Å². The minimum absolute atomic E-state index is 0.0522. The van der Waals surface area contributed by atoms with Gasteiger partial charge in [-0.3, -0.25) is 4.72 Å². The van der Waals surface area contributed by atoms with E-state index in [0.717, 1.165) is 16.7 Å². The van der Waals surface area contributed by atoms with Crippen molar-refractivity contribution in [3.05, 3.63) is 102 Å². The zero-order valence-corrected chi connectivity index (χ0v) is 14.3. The second-order valence-electron chi connectivity index (χ2n) is 5.54. The molecule has 124 valence electrons. The monoisotopic (exact) mass is 347 g/mol. The van der Waals surface area contributed by atoms with Crippen LogP contribution in [0.25, 0.3) is 0 Å². The zero-order chi connectivity index (χ0) is 17.5. The summed E-state index contributed by atoms with van der Waals surface area (Å²) in [4.78, 5) is 0. The molecular weight excluding hydrogens is 330 g/mol. The highest BCUT2D eigenvalue weighted by molar-refractivity contribution is 7.91. The van der Waals surface area contributed by atoms with E-state index in [4.69, 9.17) is 0 Å². The normalized spacial score (nSPS) is 10.6. The lowest BCUT2D eigenvalue weighted by molar-refractivity contribution is 0.600. The molecule has 4 heteroatoms. The maximum Gasteiger partial charge on any atom is 0.236 e. The van der Waals surface area contributed by atoms with Gasteiger partial charge in [0.2, 0.25) is 10.0 Å². The van der Waals surface area contributed by atoms with Crippen LogP contribution >= 0.6 is 0 Å². The molecule has 0 radical (unpaired) electrons. The smallest absolute Gasteiger partial charge is 0.236 e. The third-order valence-corrected chi connectivity index (χ3v) is 4.74. The van der Waals surface area contributed by atoms with Gasteiger partial charge >= 0.3 is 0 Å². The van der Waals surface area contributed by atoms with Crippen molar-refractivity contribution in [3.63, 3.8) is 0 Å². The first-order chi connectivity index (χ1) is 12.1. The summed E-state index contributed by atoms with van der Waals surface area (Å²) in [5.41, 5.74) is 3.05. The molecule has 3 aromatic carbocycles. The molecule has 0 unspecified atom stereocenters. The highest BCUT2D eigenvalue weighted by Gasteiger charge is 2.11. The molecule has 0 aromatic heterocycles. The number of sulfonamides is 1. The van der Waals surface area contributed by atoms with Gasteiger partial charge in [-0.25, -0.2) is 8.42 Å². The molecule has 0 atom stereocenters. The molecule has 0 aliphatic rings. The third kappa shape index (κ3) is 5.23. The van der Waals surface area contributed by atoms with Crippen molar-refractivity contribution in [3.8, 4) is 11.8 Å². The average Bonchev–Trinajstić information content (AvgIpc) is 2.62. The van der Waals surface area contributed by atoms with Gasteiger partial charge < -0.3 is 0 Å². The predicted octanol–water partition coefficient (Wildman–Crippen LogP) is 4.03. The summed E-state index contributed by atoms with van der Waals surface area (Å²) in [6, 6.07) is 25.8. The molecule has 0 saturated heterocycles. The van der Waals surface area contributed by atoms with Gasteiger partial charge in [-0.1, -0.05) is 60.4 Å². The van der Waals surface area contributed by atoms with Crippen LogP contribution in [-0.4, -0.2) is 8.42 Å². The van der Waals surface area contributed by atoms with Gasteiger partial charge in [0, 0.05) is 16.8 Å². The molecule has 0 bridgehead atoms. The molecule has 0 heterocycles. The van der Waals surface area contributed by atoms with Crippen LogP contribution in [0.1, 0.15) is 16.7 Å². The fourth-order valence-corrected chi connectivity index (χ4v) is 3.50. The van der Waals surface area contributed by atoms with Gasteiger partial charge in [-0.15, -0.1) is 0 Å². The fraction of sp³-hybridized carbons (Fsp3) is 0.0476. The number of hydrogen-bond acceptors (Lipinski definition) is 2. The first kappa shape index (κ1) is 16.8. The van der Waals surface area contributed by atoms with Crippen molar-refractivity contribution in [2.45, 2.75) is 5.75 Å². The van der Waals surface area contributed by atoms with E-state index < -0.39 is 10.0 Å². The maximum absolute atomic E-state index is 12.2. The van der Waals surface area contributed by atoms with Crippen LogP contribution in [0, 0.1) is 11.8 Å². The van der Waals surface area contributed by atoms with Crippen molar-refractivity contribution < 1.29 is 8.42 Å². The molecule has 0 saturated carbocycles. The van der Waals surface area contributed by atoms with E-state index in [1.807, 2.05) is 48.5 Å². The summed E-state index contributed by atoms with van der Waals surface area (Å²) in [6.45, 7) is 0. The summed E-state index contributed by atoms with van der Waals surface area (Å²) in [5.74, 6) is 6.08. The number of rotatable bonds is 4. The Morgan fingerprint density at radius 1 is 0.680 bits per heavy atom. The van der Waals surface area contributed by atoms with Gasteiger partial charge in [0.05, 0.1) is 5.75 Å². The topological polar surface area (TPSA) is 46.2 Å². The molecule has 1 N–H and O–H groups in total. The minimum atomic E-state index is -3.44. The third-order valence-electron chi connectivity index (χ3n) is 3.48. The fourth-order valence-electron chi connectivity index (χ4n) is 2.30. The Balaban J connectivity index is 1.67. The Hall–Kier alpha value is -3.03. The molecule has 3 aromatic rings. The molecule has 3 rings (SSSR count). The maximum atomic E-state index is 12.2. The summed E-state index contributed by atoms with van der Waals surface area (Å²) in [7, 11) is -3.44. The van der Waals surface area contributed by atoms with Crippen LogP contribution in [0.2, 0.25) is 0 Å². The van der Waals surface area contributed by atoms with Crippen LogP contribution in [0.3, 0.4) is 0 Å². The molecule has 0 aliphatic heterocycles. The zero-order valence-electron chi connectivity index (χ0n) is 13.5. The van der Waals surface area contributed by atoms with Crippen LogP contribution in [0.4, 0.5) is 5.69 Å². The molecule has 25 heavy (non-hydrogen) atoms. The van der Waals surface area contributed by atoms with E-state index in [0.29, 0.717) is 5.69 Å². The lowest BCUT2D eigenvalue weighted by Crippen LogP contribution is -2.14. The van der Waals surface area contributed by atoms with Gasteiger partial charge in [0.25, 0.3) is 0 Å². The average molecular weight is 347 g/mol. The molecule has 0 fully saturated rings.